The van der Waals surface area contributed by atoms with Gasteiger partial charge in [-0.05, 0) is 11.6 Å². The number of hydrogen-bond acceptors (Lipinski definition) is 4. The molecule has 2 rings (SSSR count). The van der Waals surface area contributed by atoms with E-state index < -0.39 is 5.97 Å². The highest BCUT2D eigenvalue weighted by Gasteiger charge is 2.31. The normalized spacial score (nSPS) is 17.1. The molecule has 1 saturated heterocycles. The van der Waals surface area contributed by atoms with Crippen molar-refractivity contribution in [3.63, 3.8) is 0 Å². The van der Waals surface area contributed by atoms with Gasteiger partial charge in [0.15, 0.2) is 0 Å². The topological polar surface area (TPSA) is 57.6 Å². The van der Waals surface area contributed by atoms with Gasteiger partial charge in [-0.25, -0.2) is 0 Å². The molecule has 21 heavy (non-hydrogen) atoms. The van der Waals surface area contributed by atoms with E-state index in [1.807, 2.05) is 36.4 Å². The molecule has 1 aromatic carbocycles. The minimum absolute atomic E-state index is 0.111. The molecule has 1 heterocycles. The summed E-state index contributed by atoms with van der Waals surface area (Å²) in [6.45, 7) is 0.111. The number of allylic oxidation sites excluding steroid dienone is 2. The summed E-state index contributed by atoms with van der Waals surface area (Å²) in [5.74, 6) is -1.18. The van der Waals surface area contributed by atoms with Crippen LogP contribution in [0.5, 0.6) is 0 Å². The molecule has 1 amide bonds. The minimum Gasteiger partial charge on any atom is -0.481 e. The fourth-order valence-electron chi connectivity index (χ4n) is 1.73. The summed E-state index contributed by atoms with van der Waals surface area (Å²) in [7, 11) is 0. The van der Waals surface area contributed by atoms with E-state index >= 15 is 0 Å². The van der Waals surface area contributed by atoms with Gasteiger partial charge in [-0.3, -0.25) is 14.5 Å². The quantitative estimate of drug-likeness (QED) is 0.668. The van der Waals surface area contributed by atoms with Crippen LogP contribution in [0.15, 0.2) is 47.4 Å². The highest BCUT2D eigenvalue weighted by Crippen LogP contribution is 2.31. The molecule has 0 aromatic heterocycles. The van der Waals surface area contributed by atoms with Gasteiger partial charge in [0.05, 0.1) is 11.3 Å². The number of rotatable bonds is 5. The number of amides is 1. The molecule has 0 aliphatic carbocycles. The average Bonchev–Trinajstić information content (AvgIpc) is 2.72. The molecule has 6 heteroatoms. The fourth-order valence-corrected chi connectivity index (χ4v) is 2.99. The van der Waals surface area contributed by atoms with Crippen molar-refractivity contribution in [3.8, 4) is 0 Å². The van der Waals surface area contributed by atoms with Crippen molar-refractivity contribution < 1.29 is 14.7 Å². The summed E-state index contributed by atoms with van der Waals surface area (Å²) in [6, 6.07) is 9.73. The van der Waals surface area contributed by atoms with E-state index in [4.69, 9.17) is 17.3 Å². The maximum absolute atomic E-state index is 12.1. The van der Waals surface area contributed by atoms with Gasteiger partial charge in [0.2, 0.25) is 0 Å². The second-order valence-electron chi connectivity index (χ2n) is 4.27. The molecule has 1 aliphatic heterocycles. The molecular formula is C15H13NO3S2. The van der Waals surface area contributed by atoms with E-state index in [0.717, 1.165) is 5.56 Å². The Bertz CT molecular complexity index is 623. The molecule has 0 saturated carbocycles. The average molecular weight is 319 g/mol. The molecule has 0 atom stereocenters. The van der Waals surface area contributed by atoms with Crippen LogP contribution in [-0.2, 0) is 9.59 Å². The van der Waals surface area contributed by atoms with Crippen LogP contribution in [-0.4, -0.2) is 32.7 Å². The van der Waals surface area contributed by atoms with Gasteiger partial charge in [-0.2, -0.15) is 0 Å². The van der Waals surface area contributed by atoms with Crippen molar-refractivity contribution in [3.05, 3.63) is 53.0 Å². The van der Waals surface area contributed by atoms with Crippen molar-refractivity contribution in [1.29, 1.82) is 0 Å². The van der Waals surface area contributed by atoms with E-state index in [-0.39, 0.29) is 18.9 Å². The van der Waals surface area contributed by atoms with E-state index in [9.17, 15) is 9.59 Å². The minimum atomic E-state index is -0.947. The molecule has 1 fully saturated rings. The Morgan fingerprint density at radius 3 is 2.71 bits per heavy atom. The zero-order valence-electron chi connectivity index (χ0n) is 11.1. The molecule has 0 spiro atoms. The maximum Gasteiger partial charge on any atom is 0.305 e. The Morgan fingerprint density at radius 1 is 1.33 bits per heavy atom. The van der Waals surface area contributed by atoms with Crippen molar-refractivity contribution >= 4 is 46.3 Å². The summed E-state index contributed by atoms with van der Waals surface area (Å²) in [4.78, 5) is 24.5. The molecule has 0 bridgehead atoms. The van der Waals surface area contributed by atoms with Crippen LogP contribution in [0.1, 0.15) is 12.0 Å². The molecular weight excluding hydrogens is 306 g/mol. The summed E-state index contributed by atoms with van der Waals surface area (Å²) in [5.41, 5.74) is 1.04. The number of hydrogen-bond donors (Lipinski definition) is 1. The molecule has 1 aliphatic rings. The zero-order chi connectivity index (χ0) is 15.2. The van der Waals surface area contributed by atoms with Gasteiger partial charge in [0, 0.05) is 6.54 Å². The largest absolute Gasteiger partial charge is 0.481 e. The number of nitrogens with zero attached hydrogens (tertiary/aromatic N) is 1. The first kappa shape index (κ1) is 15.5. The lowest BCUT2D eigenvalue weighted by Crippen LogP contribution is -2.30. The number of aliphatic carboxylic acids is 1. The predicted octanol–water partition coefficient (Wildman–Crippen LogP) is 2.92. The third kappa shape index (κ3) is 4.27. The van der Waals surface area contributed by atoms with Crippen LogP contribution in [0, 0.1) is 0 Å². The van der Waals surface area contributed by atoms with E-state index in [1.54, 1.807) is 12.2 Å². The Labute approximate surface area is 132 Å². The van der Waals surface area contributed by atoms with Gasteiger partial charge in [0.25, 0.3) is 5.91 Å². The Morgan fingerprint density at radius 2 is 2.05 bits per heavy atom. The summed E-state index contributed by atoms with van der Waals surface area (Å²) in [5, 5.41) is 8.67. The Kier molecular flexibility index (Phi) is 5.30. The monoisotopic (exact) mass is 319 g/mol. The van der Waals surface area contributed by atoms with Crippen molar-refractivity contribution in [2.45, 2.75) is 6.42 Å². The third-order valence-corrected chi connectivity index (χ3v) is 4.15. The Hall–Kier alpha value is -1.92. The van der Waals surface area contributed by atoms with Gasteiger partial charge in [-0.15, -0.1) is 0 Å². The van der Waals surface area contributed by atoms with E-state index in [1.165, 1.54) is 16.7 Å². The molecule has 0 radical (unpaired) electrons. The van der Waals surface area contributed by atoms with Gasteiger partial charge < -0.3 is 5.11 Å². The summed E-state index contributed by atoms with van der Waals surface area (Å²) < 4.78 is 0.403. The SMILES string of the molecule is O=C(O)CCN1C(=O)C(=CC=Cc2ccccc2)SC1=S. The molecule has 4 nitrogen and oxygen atoms in total. The number of carbonyl (C=O) groups excluding carboxylic acids is 1. The van der Waals surface area contributed by atoms with Crippen LogP contribution >= 0.6 is 24.0 Å². The number of thiocarbonyl (C=S) groups is 1. The summed E-state index contributed by atoms with van der Waals surface area (Å²) in [6.07, 6.45) is 5.27. The van der Waals surface area contributed by atoms with Gasteiger partial charge in [-0.1, -0.05) is 66.5 Å². The molecule has 0 unspecified atom stereocenters. The molecule has 1 N–H and O–H groups in total. The number of carbonyl (C=O) groups is 2. The Balaban J connectivity index is 2.03. The second kappa shape index (κ2) is 7.19. The van der Waals surface area contributed by atoms with Gasteiger partial charge in [0.1, 0.15) is 4.32 Å². The lowest BCUT2D eigenvalue weighted by atomic mass is 10.2. The first-order valence-corrected chi connectivity index (χ1v) is 7.49. The smallest absolute Gasteiger partial charge is 0.305 e. The van der Waals surface area contributed by atoms with Crippen LogP contribution in [0.4, 0.5) is 0 Å². The second-order valence-corrected chi connectivity index (χ2v) is 5.94. The number of thioether (sulfide) groups is 1. The fraction of sp³-hybridized carbons (Fsp3) is 0.133. The van der Waals surface area contributed by atoms with Crippen molar-refractivity contribution in [2.75, 3.05) is 6.54 Å². The molecule has 1 aromatic rings. The van der Waals surface area contributed by atoms with E-state index in [0.29, 0.717) is 9.23 Å². The van der Waals surface area contributed by atoms with E-state index in [2.05, 4.69) is 0 Å². The standard InChI is InChI=1S/C15H13NO3S2/c17-13(18)9-10-16-14(19)12(21-15(16)20)8-4-7-11-5-2-1-3-6-11/h1-8H,9-10H2,(H,17,18). The lowest BCUT2D eigenvalue weighted by molar-refractivity contribution is -0.137. The number of carboxylic acid groups (broad SMARTS) is 1. The first-order valence-electron chi connectivity index (χ1n) is 6.27. The number of carboxylic acids is 1. The zero-order valence-corrected chi connectivity index (χ0v) is 12.7. The van der Waals surface area contributed by atoms with Crippen molar-refractivity contribution in [2.24, 2.45) is 0 Å². The maximum atomic E-state index is 12.1. The van der Waals surface area contributed by atoms with Crippen molar-refractivity contribution in [1.82, 2.24) is 4.90 Å². The highest BCUT2D eigenvalue weighted by atomic mass is 32.2. The highest BCUT2D eigenvalue weighted by molar-refractivity contribution is 8.26. The van der Waals surface area contributed by atoms with Crippen LogP contribution in [0.2, 0.25) is 0 Å². The number of benzene rings is 1. The van der Waals surface area contributed by atoms with Crippen LogP contribution in [0.3, 0.4) is 0 Å². The predicted molar refractivity (Wildman–Crippen MR) is 87.7 cm³/mol. The van der Waals surface area contributed by atoms with Gasteiger partial charge >= 0.3 is 5.97 Å². The van der Waals surface area contributed by atoms with Crippen LogP contribution in [0.25, 0.3) is 6.08 Å². The first-order chi connectivity index (χ1) is 10.1. The molecule has 108 valence electrons. The summed E-state index contributed by atoms with van der Waals surface area (Å²) >= 11 is 6.29. The lowest BCUT2D eigenvalue weighted by Gasteiger charge is -2.12. The third-order valence-electron chi connectivity index (χ3n) is 2.76. The van der Waals surface area contributed by atoms with Crippen LogP contribution < -0.4 is 0 Å².